The molecule has 2 aromatic carbocycles. The Kier molecular flexibility index (Phi) is 4.61. The maximum absolute atomic E-state index is 14.0. The van der Waals surface area contributed by atoms with Crippen LogP contribution in [-0.4, -0.2) is 33.4 Å². The Morgan fingerprint density at radius 3 is 2.77 bits per heavy atom. The van der Waals surface area contributed by atoms with Crippen LogP contribution in [0.1, 0.15) is 22.9 Å². The van der Waals surface area contributed by atoms with Crippen LogP contribution in [-0.2, 0) is 27.9 Å². The number of carbonyl (C=O) groups excluding carboxylic acids is 1. The number of thiazole rings is 1. The highest BCUT2D eigenvalue weighted by Crippen LogP contribution is 2.28. The Morgan fingerprint density at radius 2 is 2.00 bits per heavy atom. The summed E-state index contributed by atoms with van der Waals surface area (Å²) in [5.74, 6) is -0.998. The van der Waals surface area contributed by atoms with Crippen LogP contribution in [0.4, 0.5) is 4.39 Å². The third-order valence-corrected chi connectivity index (χ3v) is 7.54. The monoisotopic (exact) mass is 457 g/mol. The molecule has 0 radical (unpaired) electrons. The lowest BCUT2D eigenvalue weighted by Gasteiger charge is -2.21. The second kappa shape index (κ2) is 7.22. The Balaban J connectivity index is 1.37. The first kappa shape index (κ1) is 19.8. The first-order valence-electron chi connectivity index (χ1n) is 9.29. The van der Waals surface area contributed by atoms with Gasteiger partial charge < -0.3 is 10.6 Å². The molecule has 0 aliphatic carbocycles. The van der Waals surface area contributed by atoms with Gasteiger partial charge in [-0.2, -0.15) is 17.6 Å². The second-order valence-electron chi connectivity index (χ2n) is 7.15. The van der Waals surface area contributed by atoms with Crippen LogP contribution in [0.3, 0.4) is 0 Å². The standard InChI is InChI=1S/C20H16FN5O3S2/c21-15-4-2-1-3-14(15)19(22)20(27)25-8-12-9-26(24-17(12)10-25)31(28,29)13-5-6-16-18(7-13)30-11-23-16/h1-7,9,11,19H,8,10,22H2. The number of hydrogen-bond acceptors (Lipinski definition) is 7. The predicted octanol–water partition coefficient (Wildman–Crippen LogP) is 2.41. The second-order valence-corrected chi connectivity index (χ2v) is 9.84. The molecule has 5 rings (SSSR count). The Morgan fingerprint density at radius 1 is 1.19 bits per heavy atom. The topological polar surface area (TPSA) is 111 Å². The van der Waals surface area contributed by atoms with Gasteiger partial charge in [-0.25, -0.2) is 9.37 Å². The van der Waals surface area contributed by atoms with Gasteiger partial charge in [0.05, 0.1) is 32.9 Å². The molecule has 31 heavy (non-hydrogen) atoms. The molecule has 11 heteroatoms. The molecule has 1 aliphatic rings. The maximum atomic E-state index is 14.0. The number of nitrogens with zero attached hydrogens (tertiary/aromatic N) is 4. The molecule has 3 heterocycles. The Hall–Kier alpha value is -3.15. The molecule has 0 bridgehead atoms. The van der Waals surface area contributed by atoms with Gasteiger partial charge in [-0.1, -0.05) is 18.2 Å². The zero-order chi connectivity index (χ0) is 21.8. The SMILES string of the molecule is NC(C(=O)N1Cc2cn(S(=O)(=O)c3ccc4ncsc4c3)nc2C1)c1ccccc1F. The van der Waals surface area contributed by atoms with Crippen molar-refractivity contribution in [2.24, 2.45) is 5.73 Å². The Bertz CT molecular complexity index is 1410. The van der Waals surface area contributed by atoms with E-state index in [1.807, 2.05) is 0 Å². The molecule has 1 aliphatic heterocycles. The van der Waals surface area contributed by atoms with Crippen molar-refractivity contribution >= 4 is 37.5 Å². The van der Waals surface area contributed by atoms with E-state index in [9.17, 15) is 17.6 Å². The summed E-state index contributed by atoms with van der Waals surface area (Å²) in [6.45, 7) is 0.256. The van der Waals surface area contributed by atoms with Crippen LogP contribution < -0.4 is 5.73 Å². The summed E-state index contributed by atoms with van der Waals surface area (Å²) in [5.41, 5.74) is 9.55. The van der Waals surface area contributed by atoms with E-state index in [2.05, 4.69) is 10.1 Å². The fourth-order valence-electron chi connectivity index (χ4n) is 3.57. The zero-order valence-electron chi connectivity index (χ0n) is 16.0. The minimum atomic E-state index is -3.88. The van der Waals surface area contributed by atoms with Crippen molar-refractivity contribution in [1.29, 1.82) is 0 Å². The van der Waals surface area contributed by atoms with E-state index in [0.29, 0.717) is 11.3 Å². The number of amides is 1. The van der Waals surface area contributed by atoms with Crippen molar-refractivity contribution in [1.82, 2.24) is 19.1 Å². The lowest BCUT2D eigenvalue weighted by molar-refractivity contribution is -0.133. The fraction of sp³-hybridized carbons (Fsp3) is 0.150. The van der Waals surface area contributed by atoms with Gasteiger partial charge in [-0.3, -0.25) is 4.79 Å². The fourth-order valence-corrected chi connectivity index (χ4v) is 5.55. The smallest absolute Gasteiger partial charge is 0.283 e. The molecule has 0 spiro atoms. The third kappa shape index (κ3) is 3.30. The molecule has 0 saturated carbocycles. The number of hydrogen-bond donors (Lipinski definition) is 1. The molecule has 1 unspecified atom stereocenters. The molecule has 158 valence electrons. The van der Waals surface area contributed by atoms with E-state index in [1.165, 1.54) is 46.7 Å². The highest BCUT2D eigenvalue weighted by Gasteiger charge is 2.32. The lowest BCUT2D eigenvalue weighted by Crippen LogP contribution is -2.35. The largest absolute Gasteiger partial charge is 0.331 e. The van der Waals surface area contributed by atoms with E-state index in [0.717, 1.165) is 14.3 Å². The molecular formula is C20H16FN5O3S2. The van der Waals surface area contributed by atoms with Crippen molar-refractivity contribution in [2.45, 2.75) is 24.0 Å². The van der Waals surface area contributed by atoms with Gasteiger partial charge in [0, 0.05) is 23.9 Å². The molecule has 1 atom stereocenters. The van der Waals surface area contributed by atoms with E-state index in [-0.39, 0.29) is 23.5 Å². The lowest BCUT2D eigenvalue weighted by atomic mass is 10.1. The molecule has 8 nitrogen and oxygen atoms in total. The van der Waals surface area contributed by atoms with Gasteiger partial charge >= 0.3 is 0 Å². The number of benzene rings is 2. The van der Waals surface area contributed by atoms with Gasteiger partial charge in [0.25, 0.3) is 10.0 Å². The van der Waals surface area contributed by atoms with Crippen molar-refractivity contribution in [3.05, 3.63) is 76.8 Å². The van der Waals surface area contributed by atoms with Crippen molar-refractivity contribution < 1.29 is 17.6 Å². The average molecular weight is 458 g/mol. The molecule has 1 amide bonds. The van der Waals surface area contributed by atoms with Crippen molar-refractivity contribution in [2.75, 3.05) is 0 Å². The first-order chi connectivity index (χ1) is 14.8. The first-order valence-corrected chi connectivity index (χ1v) is 11.6. The summed E-state index contributed by atoms with van der Waals surface area (Å²) in [6.07, 6.45) is 1.41. The minimum Gasteiger partial charge on any atom is -0.331 e. The third-order valence-electron chi connectivity index (χ3n) is 5.22. The summed E-state index contributed by atoms with van der Waals surface area (Å²) < 4.78 is 41.7. The number of carbonyl (C=O) groups is 1. The van der Waals surface area contributed by atoms with Crippen LogP contribution in [0.5, 0.6) is 0 Å². The minimum absolute atomic E-state index is 0.104. The number of rotatable bonds is 4. The molecule has 2 N–H and O–H groups in total. The summed E-state index contributed by atoms with van der Waals surface area (Å²) in [5, 5.41) is 4.20. The maximum Gasteiger partial charge on any atom is 0.283 e. The highest BCUT2D eigenvalue weighted by atomic mass is 32.2. The highest BCUT2D eigenvalue weighted by molar-refractivity contribution is 7.89. The number of fused-ring (bicyclic) bond motifs is 2. The van der Waals surface area contributed by atoms with Crippen LogP contribution >= 0.6 is 11.3 Å². The van der Waals surface area contributed by atoms with Crippen LogP contribution in [0.15, 0.2) is 59.1 Å². The number of nitrogens with two attached hydrogens (primary N) is 1. The predicted molar refractivity (Wildman–Crippen MR) is 112 cm³/mol. The summed E-state index contributed by atoms with van der Waals surface area (Å²) in [4.78, 5) is 18.4. The molecular weight excluding hydrogens is 441 g/mol. The van der Waals surface area contributed by atoms with Gasteiger partial charge in [0.15, 0.2) is 0 Å². The quantitative estimate of drug-likeness (QED) is 0.504. The number of halogens is 1. The Labute approximate surface area is 180 Å². The molecule has 4 aromatic rings. The number of aromatic nitrogens is 3. The van der Waals surface area contributed by atoms with Gasteiger partial charge in [0.2, 0.25) is 5.91 Å². The normalized spacial score (nSPS) is 14.7. The summed E-state index contributed by atoms with van der Waals surface area (Å²) >= 11 is 1.35. The van der Waals surface area contributed by atoms with Gasteiger partial charge in [-0.15, -0.1) is 11.3 Å². The molecule has 2 aromatic heterocycles. The zero-order valence-corrected chi connectivity index (χ0v) is 17.6. The molecule has 0 fully saturated rings. The van der Waals surface area contributed by atoms with E-state index >= 15 is 0 Å². The van der Waals surface area contributed by atoms with E-state index < -0.39 is 27.8 Å². The summed E-state index contributed by atoms with van der Waals surface area (Å²) in [7, 11) is -3.88. The van der Waals surface area contributed by atoms with Crippen molar-refractivity contribution in [3.8, 4) is 0 Å². The van der Waals surface area contributed by atoms with E-state index in [4.69, 9.17) is 5.73 Å². The molecule has 0 saturated heterocycles. The average Bonchev–Trinajstić information content (AvgIpc) is 3.47. The van der Waals surface area contributed by atoms with Gasteiger partial charge in [0.1, 0.15) is 11.9 Å². The van der Waals surface area contributed by atoms with E-state index in [1.54, 1.807) is 23.7 Å². The summed E-state index contributed by atoms with van der Waals surface area (Å²) in [6, 6.07) is 9.43. The van der Waals surface area contributed by atoms with Crippen LogP contribution in [0.2, 0.25) is 0 Å². The van der Waals surface area contributed by atoms with Gasteiger partial charge in [-0.05, 0) is 24.3 Å². The van der Waals surface area contributed by atoms with Crippen molar-refractivity contribution in [3.63, 3.8) is 0 Å². The van der Waals surface area contributed by atoms with Crippen LogP contribution in [0.25, 0.3) is 10.2 Å². The van der Waals surface area contributed by atoms with Crippen LogP contribution in [0, 0.1) is 5.82 Å².